The minimum absolute atomic E-state index is 0.304. The lowest BCUT2D eigenvalue weighted by Crippen LogP contribution is -2.14. The van der Waals surface area contributed by atoms with Gasteiger partial charge < -0.3 is 14.6 Å². The van der Waals surface area contributed by atoms with E-state index in [4.69, 9.17) is 9.26 Å². The smallest absolute Gasteiger partial charge is 0.274 e. The van der Waals surface area contributed by atoms with Gasteiger partial charge in [-0.15, -0.1) is 0 Å². The fraction of sp³-hybridized carbons (Fsp3) is 0.0400. The minimum atomic E-state index is -0.321. The van der Waals surface area contributed by atoms with Crippen LogP contribution in [-0.2, 0) is 0 Å². The van der Waals surface area contributed by atoms with Crippen LogP contribution >= 0.6 is 0 Å². The van der Waals surface area contributed by atoms with E-state index >= 15 is 0 Å². The molecular weight excluding hydrogens is 404 g/mol. The molecule has 7 heteroatoms. The molecule has 2 aromatic heterocycles. The molecule has 1 amide bonds. The van der Waals surface area contributed by atoms with Gasteiger partial charge in [-0.1, -0.05) is 41.6 Å². The van der Waals surface area contributed by atoms with E-state index in [2.05, 4.69) is 20.4 Å². The number of anilines is 1. The molecule has 0 saturated carbocycles. The molecule has 5 aromatic rings. The molecule has 0 saturated heterocycles. The quantitative estimate of drug-likeness (QED) is 0.418. The molecule has 0 bridgehead atoms. The van der Waals surface area contributed by atoms with Gasteiger partial charge >= 0.3 is 0 Å². The second-order valence-corrected chi connectivity index (χ2v) is 7.04. The van der Waals surface area contributed by atoms with E-state index in [1.54, 1.807) is 19.2 Å². The van der Waals surface area contributed by atoms with Crippen molar-refractivity contribution < 1.29 is 14.1 Å². The number of nitrogens with one attached hydrogen (secondary N) is 1. The molecule has 0 aliphatic carbocycles. The maximum atomic E-state index is 12.9. The summed E-state index contributed by atoms with van der Waals surface area (Å²) in [7, 11) is 1.61. The predicted octanol–water partition coefficient (Wildman–Crippen LogP) is 5.21. The zero-order valence-corrected chi connectivity index (χ0v) is 17.1. The number of amides is 1. The maximum absolute atomic E-state index is 12.9. The number of aromatic nitrogens is 3. The first-order chi connectivity index (χ1) is 15.7. The van der Waals surface area contributed by atoms with Gasteiger partial charge in [0, 0.05) is 10.9 Å². The fourth-order valence-corrected chi connectivity index (χ4v) is 3.35. The third-order valence-corrected chi connectivity index (χ3v) is 5.01. The van der Waals surface area contributed by atoms with Gasteiger partial charge in [0.1, 0.15) is 11.4 Å². The average Bonchev–Trinajstić information content (AvgIpc) is 3.34. The monoisotopic (exact) mass is 422 g/mol. The Morgan fingerprint density at radius 1 is 0.875 bits per heavy atom. The number of carbonyl (C=O) groups excluding carboxylic acids is 1. The number of ether oxygens (including phenoxy) is 1. The van der Waals surface area contributed by atoms with Crippen molar-refractivity contribution in [3.05, 3.63) is 90.6 Å². The molecule has 5 rings (SSSR count). The van der Waals surface area contributed by atoms with Crippen LogP contribution in [0.1, 0.15) is 10.5 Å². The number of hydrogen-bond donors (Lipinski definition) is 1. The van der Waals surface area contributed by atoms with E-state index in [1.165, 1.54) is 0 Å². The Morgan fingerprint density at radius 2 is 1.66 bits per heavy atom. The predicted molar refractivity (Wildman–Crippen MR) is 121 cm³/mol. The van der Waals surface area contributed by atoms with Crippen molar-refractivity contribution >= 4 is 22.5 Å². The zero-order chi connectivity index (χ0) is 21.9. The molecule has 2 heterocycles. The highest BCUT2D eigenvalue weighted by Crippen LogP contribution is 2.29. The van der Waals surface area contributed by atoms with Gasteiger partial charge in [0.15, 0.2) is 0 Å². The summed E-state index contributed by atoms with van der Waals surface area (Å²) in [5.41, 5.74) is 3.05. The van der Waals surface area contributed by atoms with E-state index in [9.17, 15) is 4.79 Å². The summed E-state index contributed by atoms with van der Waals surface area (Å²) in [6.07, 6.45) is 0. The number of fused-ring (bicyclic) bond motifs is 1. The molecule has 1 N–H and O–H groups in total. The summed E-state index contributed by atoms with van der Waals surface area (Å²) in [6.45, 7) is 0. The van der Waals surface area contributed by atoms with Crippen molar-refractivity contribution in [2.75, 3.05) is 12.4 Å². The van der Waals surface area contributed by atoms with Crippen LogP contribution < -0.4 is 10.1 Å². The molecule has 0 radical (unpaired) electrons. The highest BCUT2D eigenvalue weighted by Gasteiger charge is 2.17. The Balaban J connectivity index is 1.42. The Hall–Kier alpha value is -4.52. The normalized spacial score (nSPS) is 10.8. The van der Waals surface area contributed by atoms with Crippen LogP contribution in [0.5, 0.6) is 5.75 Å². The fourth-order valence-electron chi connectivity index (χ4n) is 3.35. The number of methoxy groups -OCH3 is 1. The van der Waals surface area contributed by atoms with Crippen LogP contribution in [0.15, 0.2) is 89.5 Å². The van der Waals surface area contributed by atoms with E-state index in [0.29, 0.717) is 28.7 Å². The highest BCUT2D eigenvalue weighted by molar-refractivity contribution is 6.05. The Labute approximate surface area is 183 Å². The van der Waals surface area contributed by atoms with Gasteiger partial charge in [0.2, 0.25) is 5.82 Å². The summed E-state index contributed by atoms with van der Waals surface area (Å²) in [5.74, 6) is 1.17. The number of carbonyl (C=O) groups is 1. The zero-order valence-electron chi connectivity index (χ0n) is 17.1. The lowest BCUT2D eigenvalue weighted by Gasteiger charge is -2.08. The van der Waals surface area contributed by atoms with Gasteiger partial charge in [0.05, 0.1) is 23.9 Å². The van der Waals surface area contributed by atoms with Crippen molar-refractivity contribution in [2.45, 2.75) is 0 Å². The van der Waals surface area contributed by atoms with Crippen LogP contribution in [0.3, 0.4) is 0 Å². The van der Waals surface area contributed by atoms with Crippen LogP contribution in [0.4, 0.5) is 5.69 Å². The van der Waals surface area contributed by atoms with Crippen LogP contribution in [0.25, 0.3) is 33.7 Å². The first-order valence-corrected chi connectivity index (χ1v) is 9.96. The number of para-hydroxylation sites is 2. The van der Waals surface area contributed by atoms with Crippen LogP contribution in [0, 0.1) is 0 Å². The molecule has 0 unspecified atom stereocenters. The third-order valence-electron chi connectivity index (χ3n) is 5.01. The van der Waals surface area contributed by atoms with Gasteiger partial charge in [-0.05, 0) is 48.5 Å². The van der Waals surface area contributed by atoms with Crippen molar-refractivity contribution in [3.63, 3.8) is 0 Å². The summed E-state index contributed by atoms with van der Waals surface area (Å²) in [5, 5.41) is 7.96. The van der Waals surface area contributed by atoms with Crippen molar-refractivity contribution in [1.29, 1.82) is 0 Å². The molecule has 156 valence electrons. The second-order valence-electron chi connectivity index (χ2n) is 7.04. The van der Waals surface area contributed by atoms with E-state index in [1.807, 2.05) is 72.8 Å². The number of benzene rings is 3. The SMILES string of the molecule is COc1ccc(-c2noc(-c3ccccc3NC(=O)c3ccc4ccccc4n3)n2)cc1. The highest BCUT2D eigenvalue weighted by atomic mass is 16.5. The number of rotatable bonds is 5. The second kappa shape index (κ2) is 8.31. The van der Waals surface area contributed by atoms with E-state index < -0.39 is 0 Å². The number of hydrogen-bond acceptors (Lipinski definition) is 6. The molecule has 0 spiro atoms. The average molecular weight is 422 g/mol. The first kappa shape index (κ1) is 19.4. The molecule has 32 heavy (non-hydrogen) atoms. The van der Waals surface area contributed by atoms with Gasteiger partial charge in [-0.25, -0.2) is 4.98 Å². The lowest BCUT2D eigenvalue weighted by atomic mass is 10.1. The van der Waals surface area contributed by atoms with Gasteiger partial charge in [-0.2, -0.15) is 4.98 Å². The lowest BCUT2D eigenvalue weighted by molar-refractivity contribution is 0.102. The Kier molecular flexibility index (Phi) is 5.05. The molecule has 0 atom stereocenters. The molecule has 3 aromatic carbocycles. The van der Waals surface area contributed by atoms with Gasteiger partial charge in [-0.3, -0.25) is 4.79 Å². The molecular formula is C25H18N4O3. The molecule has 0 aliphatic heterocycles. The van der Waals surface area contributed by atoms with Crippen molar-refractivity contribution in [1.82, 2.24) is 15.1 Å². The molecule has 7 nitrogen and oxygen atoms in total. The molecule has 0 aliphatic rings. The summed E-state index contributed by atoms with van der Waals surface area (Å²) >= 11 is 0. The Bertz CT molecular complexity index is 1410. The molecule has 0 fully saturated rings. The summed E-state index contributed by atoms with van der Waals surface area (Å²) < 4.78 is 10.7. The van der Waals surface area contributed by atoms with Gasteiger partial charge in [0.25, 0.3) is 11.8 Å². The first-order valence-electron chi connectivity index (χ1n) is 9.96. The topological polar surface area (TPSA) is 90.1 Å². The van der Waals surface area contributed by atoms with Crippen LogP contribution in [-0.4, -0.2) is 28.1 Å². The maximum Gasteiger partial charge on any atom is 0.274 e. The Morgan fingerprint density at radius 3 is 2.50 bits per heavy atom. The van der Waals surface area contributed by atoms with Crippen molar-refractivity contribution in [2.24, 2.45) is 0 Å². The largest absolute Gasteiger partial charge is 0.497 e. The van der Waals surface area contributed by atoms with Crippen molar-refractivity contribution in [3.8, 4) is 28.6 Å². The number of nitrogens with zero attached hydrogens (tertiary/aromatic N) is 3. The van der Waals surface area contributed by atoms with Crippen LogP contribution in [0.2, 0.25) is 0 Å². The third kappa shape index (κ3) is 3.79. The summed E-state index contributed by atoms with van der Waals surface area (Å²) in [6, 6.07) is 25.9. The van der Waals surface area contributed by atoms with E-state index in [0.717, 1.165) is 22.2 Å². The summed E-state index contributed by atoms with van der Waals surface area (Å²) in [4.78, 5) is 21.8. The van der Waals surface area contributed by atoms with E-state index in [-0.39, 0.29) is 5.91 Å². The number of pyridine rings is 1. The minimum Gasteiger partial charge on any atom is -0.497 e. The standard InChI is InChI=1S/C25H18N4O3/c1-31-18-13-10-17(11-14-18)23-28-25(32-29-23)19-7-3-5-9-21(19)27-24(30)22-15-12-16-6-2-4-8-20(16)26-22/h2-15H,1H3,(H,27,30).